The summed E-state index contributed by atoms with van der Waals surface area (Å²) < 4.78 is 0. The van der Waals surface area contributed by atoms with Crippen molar-refractivity contribution in [3.05, 3.63) is 12.2 Å². The molecular formula is C15H29N. The molecule has 1 fully saturated rings. The molecule has 1 saturated carbocycles. The molecule has 16 heavy (non-hydrogen) atoms. The molecule has 1 nitrogen and oxygen atoms in total. The maximum atomic E-state index is 6.29. The average molecular weight is 223 g/mol. The minimum absolute atomic E-state index is 0.362. The van der Waals surface area contributed by atoms with Crippen molar-refractivity contribution in [2.45, 2.75) is 65.3 Å². The van der Waals surface area contributed by atoms with Crippen molar-refractivity contribution < 1.29 is 0 Å². The van der Waals surface area contributed by atoms with Gasteiger partial charge in [0, 0.05) is 6.04 Å². The minimum atomic E-state index is 0.362. The van der Waals surface area contributed by atoms with Crippen LogP contribution >= 0.6 is 0 Å². The summed E-state index contributed by atoms with van der Waals surface area (Å²) in [7, 11) is 0. The maximum Gasteiger partial charge on any atom is 0.0104 e. The van der Waals surface area contributed by atoms with Crippen LogP contribution in [0.3, 0.4) is 0 Å². The fourth-order valence-electron chi connectivity index (χ4n) is 2.88. The van der Waals surface area contributed by atoms with Crippen LogP contribution in [0.15, 0.2) is 12.2 Å². The molecule has 0 spiro atoms. The first-order valence-electron chi connectivity index (χ1n) is 6.96. The fourth-order valence-corrected chi connectivity index (χ4v) is 2.88. The molecule has 0 heterocycles. The first-order chi connectivity index (χ1) is 7.54. The van der Waals surface area contributed by atoms with Gasteiger partial charge in [0.1, 0.15) is 0 Å². The van der Waals surface area contributed by atoms with E-state index in [1.807, 2.05) is 0 Å². The highest BCUT2D eigenvalue weighted by Crippen LogP contribution is 2.35. The van der Waals surface area contributed by atoms with E-state index in [1.165, 1.54) is 31.3 Å². The van der Waals surface area contributed by atoms with Gasteiger partial charge in [-0.2, -0.15) is 0 Å². The molecule has 2 N–H and O–H groups in total. The normalized spacial score (nSPS) is 28.1. The van der Waals surface area contributed by atoms with Gasteiger partial charge in [-0.05, 0) is 56.3 Å². The van der Waals surface area contributed by atoms with Gasteiger partial charge in [0.15, 0.2) is 0 Å². The van der Waals surface area contributed by atoms with Gasteiger partial charge in [0.05, 0.1) is 0 Å². The van der Waals surface area contributed by atoms with E-state index < -0.39 is 0 Å². The fraction of sp³-hybridized carbons (Fsp3) is 0.867. The van der Waals surface area contributed by atoms with Gasteiger partial charge in [0.2, 0.25) is 0 Å². The van der Waals surface area contributed by atoms with Gasteiger partial charge in [-0.1, -0.05) is 32.9 Å². The Kier molecular flexibility index (Phi) is 5.54. The van der Waals surface area contributed by atoms with Gasteiger partial charge in [0.25, 0.3) is 0 Å². The van der Waals surface area contributed by atoms with Crippen molar-refractivity contribution in [3.8, 4) is 0 Å². The van der Waals surface area contributed by atoms with E-state index in [0.29, 0.717) is 6.04 Å². The first kappa shape index (κ1) is 13.8. The Bertz CT molecular complexity index is 211. The van der Waals surface area contributed by atoms with E-state index in [9.17, 15) is 0 Å². The smallest absolute Gasteiger partial charge is 0.0104 e. The standard InChI is InChI=1S/C15H29N/c1-5-12(4)10-15(16)14-8-6-13(7-9-14)11(2)3/h11,13-15H,4-10,16H2,1-3H3. The van der Waals surface area contributed by atoms with Crippen LogP contribution in [0, 0.1) is 17.8 Å². The molecule has 1 heteroatoms. The number of rotatable bonds is 5. The van der Waals surface area contributed by atoms with Gasteiger partial charge in [-0.3, -0.25) is 0 Å². The largest absolute Gasteiger partial charge is 0.327 e. The van der Waals surface area contributed by atoms with Crippen molar-refractivity contribution in [2.75, 3.05) is 0 Å². The molecule has 0 aromatic heterocycles. The molecule has 1 atom stereocenters. The zero-order valence-electron chi connectivity index (χ0n) is 11.3. The lowest BCUT2D eigenvalue weighted by atomic mass is 9.74. The summed E-state index contributed by atoms with van der Waals surface area (Å²) in [4.78, 5) is 0. The molecule has 1 unspecified atom stereocenters. The molecule has 0 aromatic rings. The van der Waals surface area contributed by atoms with Crippen LogP contribution in [0.2, 0.25) is 0 Å². The van der Waals surface area contributed by atoms with Crippen molar-refractivity contribution in [1.29, 1.82) is 0 Å². The topological polar surface area (TPSA) is 26.0 Å². The van der Waals surface area contributed by atoms with Crippen LogP contribution < -0.4 is 5.73 Å². The van der Waals surface area contributed by atoms with Crippen LogP contribution in [0.4, 0.5) is 0 Å². The Hall–Kier alpha value is -0.300. The van der Waals surface area contributed by atoms with E-state index in [2.05, 4.69) is 27.4 Å². The molecule has 0 aliphatic heterocycles. The summed E-state index contributed by atoms with van der Waals surface area (Å²) in [5, 5.41) is 0. The molecule has 1 rings (SSSR count). The van der Waals surface area contributed by atoms with Crippen LogP contribution in [0.1, 0.15) is 59.3 Å². The van der Waals surface area contributed by atoms with Gasteiger partial charge < -0.3 is 5.73 Å². The monoisotopic (exact) mass is 223 g/mol. The summed E-state index contributed by atoms with van der Waals surface area (Å²) >= 11 is 0. The van der Waals surface area contributed by atoms with Gasteiger partial charge >= 0.3 is 0 Å². The second-order valence-corrected chi connectivity index (χ2v) is 5.89. The molecule has 0 radical (unpaired) electrons. The third kappa shape index (κ3) is 3.93. The third-order valence-corrected chi connectivity index (χ3v) is 4.39. The van der Waals surface area contributed by atoms with Crippen molar-refractivity contribution in [3.63, 3.8) is 0 Å². The predicted octanol–water partition coefficient (Wildman–Crippen LogP) is 4.13. The quantitative estimate of drug-likeness (QED) is 0.697. The second-order valence-electron chi connectivity index (χ2n) is 5.89. The molecule has 0 bridgehead atoms. The zero-order chi connectivity index (χ0) is 12.1. The lowest BCUT2D eigenvalue weighted by Crippen LogP contribution is -2.34. The lowest BCUT2D eigenvalue weighted by Gasteiger charge is -2.34. The predicted molar refractivity (Wildman–Crippen MR) is 72.3 cm³/mol. The van der Waals surface area contributed by atoms with E-state index in [1.54, 1.807) is 0 Å². The molecule has 0 saturated heterocycles. The van der Waals surface area contributed by atoms with E-state index in [4.69, 9.17) is 5.73 Å². The highest BCUT2D eigenvalue weighted by molar-refractivity contribution is 4.97. The Morgan fingerprint density at radius 1 is 1.19 bits per heavy atom. The molecule has 0 amide bonds. The Balaban J connectivity index is 2.32. The summed E-state index contributed by atoms with van der Waals surface area (Å²) in [5.74, 6) is 2.54. The number of hydrogen-bond donors (Lipinski definition) is 1. The van der Waals surface area contributed by atoms with Crippen molar-refractivity contribution in [1.82, 2.24) is 0 Å². The molecule has 1 aliphatic carbocycles. The Labute approximate surface area is 101 Å². The maximum absolute atomic E-state index is 6.29. The zero-order valence-corrected chi connectivity index (χ0v) is 11.3. The average Bonchev–Trinajstić information content (AvgIpc) is 2.28. The Morgan fingerprint density at radius 3 is 2.12 bits per heavy atom. The van der Waals surface area contributed by atoms with E-state index >= 15 is 0 Å². The highest BCUT2D eigenvalue weighted by atomic mass is 14.7. The first-order valence-corrected chi connectivity index (χ1v) is 6.96. The molecule has 94 valence electrons. The summed E-state index contributed by atoms with van der Waals surface area (Å²) in [6.45, 7) is 10.9. The van der Waals surface area contributed by atoms with Crippen molar-refractivity contribution in [2.24, 2.45) is 23.5 Å². The van der Waals surface area contributed by atoms with Crippen LogP contribution in [0.5, 0.6) is 0 Å². The number of hydrogen-bond acceptors (Lipinski definition) is 1. The van der Waals surface area contributed by atoms with Gasteiger partial charge in [-0.15, -0.1) is 0 Å². The van der Waals surface area contributed by atoms with E-state index in [-0.39, 0.29) is 0 Å². The van der Waals surface area contributed by atoms with Crippen molar-refractivity contribution >= 4 is 0 Å². The third-order valence-electron chi connectivity index (χ3n) is 4.39. The molecular weight excluding hydrogens is 194 g/mol. The van der Waals surface area contributed by atoms with Gasteiger partial charge in [-0.25, -0.2) is 0 Å². The lowest BCUT2D eigenvalue weighted by molar-refractivity contribution is 0.202. The van der Waals surface area contributed by atoms with Crippen LogP contribution in [-0.2, 0) is 0 Å². The summed E-state index contributed by atoms with van der Waals surface area (Å²) in [6, 6.07) is 0.362. The summed E-state index contributed by atoms with van der Waals surface area (Å²) in [6.07, 6.45) is 7.55. The molecule has 1 aliphatic rings. The number of nitrogens with two attached hydrogens (primary N) is 1. The summed E-state index contributed by atoms with van der Waals surface area (Å²) in [5.41, 5.74) is 7.60. The van der Waals surface area contributed by atoms with Crippen LogP contribution in [0.25, 0.3) is 0 Å². The Morgan fingerprint density at radius 2 is 1.69 bits per heavy atom. The van der Waals surface area contributed by atoms with E-state index in [0.717, 1.165) is 30.6 Å². The highest BCUT2D eigenvalue weighted by Gasteiger charge is 2.26. The SMILES string of the molecule is C=C(CC)CC(N)C1CCC(C(C)C)CC1. The minimum Gasteiger partial charge on any atom is -0.327 e. The van der Waals surface area contributed by atoms with Crippen LogP contribution in [-0.4, -0.2) is 6.04 Å². The molecule has 0 aromatic carbocycles. The second kappa shape index (κ2) is 6.44.